The van der Waals surface area contributed by atoms with Gasteiger partial charge >= 0.3 is 0 Å². The molecule has 0 spiro atoms. The molecule has 0 aliphatic rings. The number of rotatable bonds is 1. The van der Waals surface area contributed by atoms with Crippen molar-refractivity contribution in [1.82, 2.24) is 0 Å². The first kappa shape index (κ1) is 7.19. The standard InChI is InChI=1S/C6H4FNOS/c1-8-6-2-4(7)5(3-9)10-6/h2,9H,3H2. The average Bonchev–Trinajstić information content (AvgIpc) is 2.30. The predicted octanol–water partition coefficient (Wildman–Crippen LogP) is 1.93. The molecule has 0 aromatic carbocycles. The van der Waals surface area contributed by atoms with E-state index in [2.05, 4.69) is 4.85 Å². The van der Waals surface area contributed by atoms with Crippen LogP contribution in [-0.2, 0) is 6.61 Å². The van der Waals surface area contributed by atoms with E-state index in [1.807, 2.05) is 0 Å². The molecule has 0 fully saturated rings. The number of hydrogen-bond acceptors (Lipinski definition) is 2. The quantitative estimate of drug-likeness (QED) is 0.619. The monoisotopic (exact) mass is 157 g/mol. The van der Waals surface area contributed by atoms with Gasteiger partial charge in [0.25, 0.3) is 0 Å². The lowest BCUT2D eigenvalue weighted by Gasteiger charge is -1.84. The second-order valence-corrected chi connectivity index (χ2v) is 2.74. The van der Waals surface area contributed by atoms with Crippen molar-refractivity contribution in [2.45, 2.75) is 6.61 Å². The molecule has 2 nitrogen and oxygen atoms in total. The highest BCUT2D eigenvalue weighted by Gasteiger charge is 2.05. The molecule has 0 aliphatic heterocycles. The fourth-order valence-electron chi connectivity index (χ4n) is 0.556. The number of aliphatic hydroxyl groups is 1. The maximum Gasteiger partial charge on any atom is 0.244 e. The Morgan fingerprint density at radius 1 is 1.80 bits per heavy atom. The van der Waals surface area contributed by atoms with E-state index in [9.17, 15) is 4.39 Å². The molecule has 0 bridgehead atoms. The van der Waals surface area contributed by atoms with Crippen molar-refractivity contribution in [3.05, 3.63) is 28.2 Å². The summed E-state index contributed by atoms with van der Waals surface area (Å²) in [6, 6.07) is 1.13. The molecule has 0 aliphatic carbocycles. The van der Waals surface area contributed by atoms with E-state index in [0.717, 1.165) is 17.4 Å². The second-order valence-electron chi connectivity index (χ2n) is 1.63. The Hall–Kier alpha value is -0.920. The van der Waals surface area contributed by atoms with E-state index in [1.165, 1.54) is 0 Å². The number of hydrogen-bond donors (Lipinski definition) is 1. The Morgan fingerprint density at radius 3 is 2.80 bits per heavy atom. The summed E-state index contributed by atoms with van der Waals surface area (Å²) in [6.45, 7) is 6.19. The van der Waals surface area contributed by atoms with Gasteiger partial charge in [-0.25, -0.2) is 9.24 Å². The Bertz CT molecular complexity index is 276. The van der Waals surface area contributed by atoms with Crippen molar-refractivity contribution < 1.29 is 9.50 Å². The molecule has 1 heterocycles. The molecular formula is C6H4FNOS. The second kappa shape index (κ2) is 2.78. The molecule has 0 amide bonds. The van der Waals surface area contributed by atoms with E-state index in [4.69, 9.17) is 11.7 Å². The third kappa shape index (κ3) is 1.15. The Morgan fingerprint density at radius 2 is 2.50 bits per heavy atom. The van der Waals surface area contributed by atoms with E-state index in [1.54, 1.807) is 0 Å². The van der Waals surface area contributed by atoms with Crippen molar-refractivity contribution in [1.29, 1.82) is 0 Å². The Kier molecular flexibility index (Phi) is 2.00. The van der Waals surface area contributed by atoms with Gasteiger partial charge < -0.3 is 5.11 Å². The maximum atomic E-state index is 12.5. The van der Waals surface area contributed by atoms with Crippen molar-refractivity contribution in [3.63, 3.8) is 0 Å². The van der Waals surface area contributed by atoms with Crippen molar-refractivity contribution >= 4 is 16.3 Å². The van der Waals surface area contributed by atoms with Crippen LogP contribution in [0.4, 0.5) is 9.39 Å². The Labute approximate surface area is 61.4 Å². The summed E-state index contributed by atoms with van der Waals surface area (Å²) in [6.07, 6.45) is 0. The van der Waals surface area contributed by atoms with Crippen LogP contribution in [0.25, 0.3) is 4.85 Å². The summed E-state index contributed by atoms with van der Waals surface area (Å²) < 4.78 is 12.5. The molecule has 52 valence electrons. The lowest BCUT2D eigenvalue weighted by molar-refractivity contribution is 0.280. The van der Waals surface area contributed by atoms with Crippen LogP contribution in [0, 0.1) is 12.4 Å². The van der Waals surface area contributed by atoms with Gasteiger partial charge in [-0.3, -0.25) is 0 Å². The smallest absolute Gasteiger partial charge is 0.244 e. The first-order valence-electron chi connectivity index (χ1n) is 2.54. The topological polar surface area (TPSA) is 24.6 Å². The molecule has 1 rings (SSSR count). The normalized spacial score (nSPS) is 9.30. The van der Waals surface area contributed by atoms with Gasteiger partial charge in [-0.15, -0.1) is 0 Å². The molecule has 0 saturated carbocycles. The molecule has 0 unspecified atom stereocenters. The fourth-order valence-corrected chi connectivity index (χ4v) is 1.24. The van der Waals surface area contributed by atoms with Gasteiger partial charge in [0.05, 0.1) is 18.1 Å². The largest absolute Gasteiger partial charge is 0.391 e. The molecular weight excluding hydrogens is 153 g/mol. The minimum Gasteiger partial charge on any atom is -0.391 e. The molecule has 1 aromatic rings. The van der Waals surface area contributed by atoms with E-state index >= 15 is 0 Å². The average molecular weight is 157 g/mol. The van der Waals surface area contributed by atoms with Gasteiger partial charge in [0.2, 0.25) is 5.00 Å². The molecule has 1 aromatic heterocycles. The highest BCUT2D eigenvalue weighted by Crippen LogP contribution is 2.27. The van der Waals surface area contributed by atoms with Crippen molar-refractivity contribution in [3.8, 4) is 0 Å². The van der Waals surface area contributed by atoms with E-state index in [0.29, 0.717) is 0 Å². The van der Waals surface area contributed by atoms with Gasteiger partial charge in [-0.1, -0.05) is 0 Å². The van der Waals surface area contributed by atoms with Gasteiger partial charge in [-0.2, -0.15) is 11.3 Å². The first-order valence-corrected chi connectivity index (χ1v) is 3.36. The molecule has 1 N–H and O–H groups in total. The zero-order chi connectivity index (χ0) is 7.56. The lowest BCUT2D eigenvalue weighted by Crippen LogP contribution is -1.77. The third-order valence-electron chi connectivity index (χ3n) is 0.998. The number of halogens is 1. The van der Waals surface area contributed by atoms with Crippen LogP contribution < -0.4 is 0 Å². The molecule has 10 heavy (non-hydrogen) atoms. The highest BCUT2D eigenvalue weighted by atomic mass is 32.1. The molecule has 0 saturated heterocycles. The van der Waals surface area contributed by atoms with Crippen LogP contribution in [-0.4, -0.2) is 5.11 Å². The molecule has 4 heteroatoms. The van der Waals surface area contributed by atoms with Crippen LogP contribution >= 0.6 is 11.3 Å². The Balaban J connectivity index is 3.07. The molecule has 0 radical (unpaired) electrons. The highest BCUT2D eigenvalue weighted by molar-refractivity contribution is 7.16. The minimum absolute atomic E-state index is 0.228. The summed E-state index contributed by atoms with van der Waals surface area (Å²) in [5.74, 6) is -0.488. The van der Waals surface area contributed by atoms with Crippen LogP contribution in [0.1, 0.15) is 4.88 Å². The van der Waals surface area contributed by atoms with Crippen LogP contribution in [0.3, 0.4) is 0 Å². The van der Waals surface area contributed by atoms with Gasteiger partial charge in [0.15, 0.2) is 0 Å². The molecule has 0 atom stereocenters. The number of aliphatic hydroxyl groups excluding tert-OH is 1. The summed E-state index contributed by atoms with van der Waals surface area (Å²) >= 11 is 0.980. The van der Waals surface area contributed by atoms with E-state index < -0.39 is 5.82 Å². The maximum absolute atomic E-state index is 12.5. The SMILES string of the molecule is [C-]#[N+]c1cc(F)c(CO)s1. The van der Waals surface area contributed by atoms with Gasteiger partial charge in [0, 0.05) is 0 Å². The number of nitrogens with zero attached hydrogens (tertiary/aromatic N) is 1. The van der Waals surface area contributed by atoms with Crippen molar-refractivity contribution in [2.75, 3.05) is 0 Å². The third-order valence-corrected chi connectivity index (χ3v) is 1.99. The fraction of sp³-hybridized carbons (Fsp3) is 0.167. The van der Waals surface area contributed by atoms with E-state index in [-0.39, 0.29) is 16.5 Å². The lowest BCUT2D eigenvalue weighted by atomic mass is 10.4. The predicted molar refractivity (Wildman–Crippen MR) is 36.5 cm³/mol. The summed E-state index contributed by atoms with van der Waals surface area (Å²) in [4.78, 5) is 3.25. The summed E-state index contributed by atoms with van der Waals surface area (Å²) in [5.41, 5.74) is 0. The first-order chi connectivity index (χ1) is 4.77. The van der Waals surface area contributed by atoms with Crippen LogP contribution in [0.15, 0.2) is 6.07 Å². The van der Waals surface area contributed by atoms with Crippen molar-refractivity contribution in [2.24, 2.45) is 0 Å². The van der Waals surface area contributed by atoms with Gasteiger partial charge in [-0.05, 0) is 6.07 Å². The zero-order valence-electron chi connectivity index (χ0n) is 4.97. The zero-order valence-corrected chi connectivity index (χ0v) is 5.78. The van der Waals surface area contributed by atoms with Gasteiger partial charge in [0.1, 0.15) is 5.82 Å². The summed E-state index contributed by atoms with van der Waals surface area (Å²) in [7, 11) is 0. The minimum atomic E-state index is -0.488. The number of thiophene rings is 1. The van der Waals surface area contributed by atoms with Crippen LogP contribution in [0.5, 0.6) is 0 Å². The summed E-state index contributed by atoms with van der Waals surface area (Å²) in [5, 5.41) is 8.77. The van der Waals surface area contributed by atoms with Crippen LogP contribution in [0.2, 0.25) is 0 Å².